The summed E-state index contributed by atoms with van der Waals surface area (Å²) in [6, 6.07) is 76.0. The van der Waals surface area contributed by atoms with Crippen LogP contribution in [0.2, 0.25) is 0 Å². The Morgan fingerprint density at radius 2 is 0.797 bits per heavy atom. The highest BCUT2D eigenvalue weighted by molar-refractivity contribution is 6.10. The predicted molar refractivity (Wildman–Crippen MR) is 263 cm³/mol. The van der Waals surface area contributed by atoms with E-state index >= 15 is 0 Å². The first-order chi connectivity index (χ1) is 33.4. The zero-order valence-corrected chi connectivity index (χ0v) is 34.7. The summed E-state index contributed by atoms with van der Waals surface area (Å²) in [7, 11) is 0. The number of nitrogens with zero attached hydrogens (tertiary/aromatic N) is 1. The molecule has 0 atom stereocenters. The number of anilines is 3. The summed E-state index contributed by atoms with van der Waals surface area (Å²) < 4.78 is 48.1. The van der Waals surface area contributed by atoms with Crippen molar-refractivity contribution in [2.45, 2.75) is 10.8 Å². The molecule has 11 aromatic rings. The number of hydrogen-bond acceptors (Lipinski definition) is 2. The van der Waals surface area contributed by atoms with Gasteiger partial charge in [-0.1, -0.05) is 212 Å². The highest BCUT2D eigenvalue weighted by atomic mass is 16.3. The van der Waals surface area contributed by atoms with Crippen LogP contribution < -0.4 is 4.90 Å². The van der Waals surface area contributed by atoms with Gasteiger partial charge in [-0.25, -0.2) is 0 Å². The number of furan rings is 1. The van der Waals surface area contributed by atoms with E-state index in [1.807, 2.05) is 114 Å². The van der Waals surface area contributed by atoms with E-state index in [1.165, 1.54) is 0 Å². The first-order valence-corrected chi connectivity index (χ1v) is 21.9. The van der Waals surface area contributed by atoms with E-state index in [2.05, 4.69) is 115 Å². The van der Waals surface area contributed by atoms with Gasteiger partial charge in [-0.3, -0.25) is 0 Å². The van der Waals surface area contributed by atoms with Gasteiger partial charge in [0.25, 0.3) is 0 Å². The van der Waals surface area contributed by atoms with Gasteiger partial charge in [0, 0.05) is 22.1 Å². The van der Waals surface area contributed by atoms with Crippen LogP contribution in [0.1, 0.15) is 50.0 Å². The van der Waals surface area contributed by atoms with Crippen LogP contribution in [0.15, 0.2) is 253 Å². The van der Waals surface area contributed by atoms with E-state index in [9.17, 15) is 5.48 Å². The van der Waals surface area contributed by atoms with Crippen molar-refractivity contribution in [3.63, 3.8) is 0 Å². The van der Waals surface area contributed by atoms with Crippen LogP contribution in [0.4, 0.5) is 17.1 Å². The molecule has 0 bridgehead atoms. The number of benzene rings is 10. The molecular weight excluding hydrogens is 775 g/mol. The van der Waals surface area contributed by atoms with Crippen molar-refractivity contribution in [1.82, 2.24) is 0 Å². The average Bonchev–Trinajstić information content (AvgIpc) is 4.03. The van der Waals surface area contributed by atoms with Crippen LogP contribution in [0.5, 0.6) is 0 Å². The molecule has 0 N–H and O–H groups in total. The van der Waals surface area contributed by atoms with Crippen LogP contribution in [0.25, 0.3) is 44.2 Å². The number of hydrogen-bond donors (Lipinski definition) is 0. The predicted octanol–water partition coefficient (Wildman–Crippen LogP) is 15.8. The molecule has 0 amide bonds. The van der Waals surface area contributed by atoms with E-state index in [4.69, 9.17) is 4.42 Å². The maximum Gasteiger partial charge on any atom is 0.159 e. The molecular formula is C62H41NO. The third kappa shape index (κ3) is 5.02. The lowest BCUT2D eigenvalue weighted by molar-refractivity contribution is 0.669. The van der Waals surface area contributed by atoms with E-state index < -0.39 is 10.8 Å². The minimum absolute atomic E-state index is 0.116. The fourth-order valence-corrected chi connectivity index (χ4v) is 11.1. The quantitative estimate of drug-likeness (QED) is 0.159. The first kappa shape index (κ1) is 32.5. The largest absolute Gasteiger partial charge is 0.454 e. The lowest BCUT2D eigenvalue weighted by atomic mass is 9.67. The zero-order chi connectivity index (χ0) is 45.7. The van der Waals surface area contributed by atoms with Gasteiger partial charge in [-0.2, -0.15) is 0 Å². The molecule has 0 saturated heterocycles. The molecule has 13 rings (SSSR count). The second-order valence-electron chi connectivity index (χ2n) is 16.8. The zero-order valence-electron chi connectivity index (χ0n) is 38.7. The van der Waals surface area contributed by atoms with Crippen LogP contribution in [0, 0.1) is 0 Å². The summed E-state index contributed by atoms with van der Waals surface area (Å²) in [4.78, 5) is 1.91. The monoisotopic (exact) mass is 819 g/mol. The maximum atomic E-state index is 10.3. The van der Waals surface area contributed by atoms with Gasteiger partial charge in [0.2, 0.25) is 0 Å². The van der Waals surface area contributed by atoms with Gasteiger partial charge >= 0.3 is 0 Å². The molecule has 2 aliphatic rings. The van der Waals surface area contributed by atoms with Crippen molar-refractivity contribution in [2.75, 3.05) is 4.90 Å². The van der Waals surface area contributed by atoms with Gasteiger partial charge in [0.1, 0.15) is 5.58 Å². The average molecular weight is 820 g/mol. The fourth-order valence-electron chi connectivity index (χ4n) is 11.1. The Bertz CT molecular complexity index is 3690. The Balaban J connectivity index is 1.13. The van der Waals surface area contributed by atoms with Crippen LogP contribution in [-0.4, -0.2) is 0 Å². The van der Waals surface area contributed by atoms with Crippen molar-refractivity contribution in [3.8, 4) is 22.3 Å². The summed E-state index contributed by atoms with van der Waals surface area (Å²) in [5, 5.41) is 1.83. The van der Waals surface area contributed by atoms with Gasteiger partial charge in [-0.05, 0) is 103 Å². The normalized spacial score (nSPS) is 14.8. The van der Waals surface area contributed by atoms with Gasteiger partial charge in [0.15, 0.2) is 5.58 Å². The van der Waals surface area contributed by atoms with Crippen molar-refractivity contribution < 1.29 is 9.90 Å². The Kier molecular flexibility index (Phi) is 7.20. The minimum atomic E-state index is -1.15. The maximum absolute atomic E-state index is 10.3. The molecule has 0 radical (unpaired) electrons. The van der Waals surface area contributed by atoms with Crippen LogP contribution >= 0.6 is 0 Å². The molecule has 0 aliphatic heterocycles. The molecule has 0 unspecified atom stereocenters. The summed E-state index contributed by atoms with van der Waals surface area (Å²) in [6.07, 6.45) is 0. The van der Waals surface area contributed by atoms with E-state index in [-0.39, 0.29) is 29.9 Å². The lowest BCUT2D eigenvalue weighted by Gasteiger charge is -2.35. The Morgan fingerprint density at radius 1 is 0.344 bits per heavy atom. The van der Waals surface area contributed by atoms with Crippen LogP contribution in [-0.2, 0) is 10.8 Å². The smallest absolute Gasteiger partial charge is 0.159 e. The summed E-state index contributed by atoms with van der Waals surface area (Å²) >= 11 is 0. The Hall–Kier alpha value is -8.20. The number of fused-ring (bicyclic) bond motifs is 9. The van der Waals surface area contributed by atoms with Crippen molar-refractivity contribution in [3.05, 3.63) is 293 Å². The minimum Gasteiger partial charge on any atom is -0.454 e. The standard InChI is InChI=1S/C62H41NO/c1-4-19-42(20-5-1)61(54-30-14-10-25-48(54)49-26-11-15-31-55(49)61)45-35-37-46(38-36-45)63(58-33-18-29-53-52-28-13-17-34-59(52)64-60(53)58)47-39-40-51-50-27-12-16-32-56(50)62(57(51)41-47,43-21-6-2-7-22-43)44-23-8-3-9-24-44/h1-41H/i35D,36D,37D,38D. The molecule has 0 saturated carbocycles. The van der Waals surface area contributed by atoms with Gasteiger partial charge in [-0.15, -0.1) is 0 Å². The van der Waals surface area contributed by atoms with Gasteiger partial charge in [0.05, 0.1) is 22.0 Å². The molecule has 1 heterocycles. The number of para-hydroxylation sites is 2. The lowest BCUT2D eigenvalue weighted by Crippen LogP contribution is -2.29. The van der Waals surface area contributed by atoms with E-state index in [0.717, 1.165) is 72.0 Å². The van der Waals surface area contributed by atoms with Crippen molar-refractivity contribution in [2.24, 2.45) is 0 Å². The second kappa shape index (κ2) is 14.2. The highest BCUT2D eigenvalue weighted by Crippen LogP contribution is 2.59. The molecule has 2 heteroatoms. The summed E-state index contributed by atoms with van der Waals surface area (Å²) in [5.41, 5.74) is 12.5. The third-order valence-electron chi connectivity index (χ3n) is 13.7. The summed E-state index contributed by atoms with van der Waals surface area (Å²) in [5.74, 6) is 0. The third-order valence-corrected chi connectivity index (χ3v) is 13.7. The van der Waals surface area contributed by atoms with E-state index in [0.29, 0.717) is 28.1 Å². The van der Waals surface area contributed by atoms with Crippen molar-refractivity contribution >= 4 is 39.0 Å². The molecule has 64 heavy (non-hydrogen) atoms. The van der Waals surface area contributed by atoms with Gasteiger partial charge < -0.3 is 9.32 Å². The molecule has 300 valence electrons. The Morgan fingerprint density at radius 3 is 1.36 bits per heavy atom. The second-order valence-corrected chi connectivity index (χ2v) is 16.8. The Labute approximate surface area is 378 Å². The topological polar surface area (TPSA) is 16.4 Å². The molecule has 2 aliphatic carbocycles. The molecule has 0 spiro atoms. The van der Waals surface area contributed by atoms with Crippen LogP contribution in [0.3, 0.4) is 0 Å². The highest BCUT2D eigenvalue weighted by Gasteiger charge is 2.47. The SMILES string of the molecule is [2H]c1c([2H])c(C2(c3ccccc3)c3ccccc3-c3ccccc32)c([2H])c([2H])c1N(c1ccc2c(c1)C(c1ccccc1)(c1ccccc1)c1ccccc1-2)c1cccc2c1oc1ccccc12. The first-order valence-electron chi connectivity index (χ1n) is 23.9. The number of rotatable bonds is 7. The molecule has 2 nitrogen and oxygen atoms in total. The molecule has 0 fully saturated rings. The van der Waals surface area contributed by atoms with Crippen molar-refractivity contribution in [1.29, 1.82) is 0 Å². The van der Waals surface area contributed by atoms with E-state index in [1.54, 1.807) is 0 Å². The molecule has 10 aromatic carbocycles. The summed E-state index contributed by atoms with van der Waals surface area (Å²) in [6.45, 7) is 0. The molecule has 1 aromatic heterocycles. The fraction of sp³-hybridized carbons (Fsp3) is 0.0323.